The lowest BCUT2D eigenvalue weighted by molar-refractivity contribution is 0.0685. The van der Waals surface area contributed by atoms with Gasteiger partial charge in [-0.15, -0.1) is 0 Å². The molecule has 0 amide bonds. The van der Waals surface area contributed by atoms with Crippen LogP contribution in [0.3, 0.4) is 0 Å². The van der Waals surface area contributed by atoms with Crippen LogP contribution in [0.15, 0.2) is 12.1 Å². The molecule has 0 unspecified atom stereocenters. The first-order valence-electron chi connectivity index (χ1n) is 6.66. The molecule has 4 nitrogen and oxygen atoms in total. The number of anilines is 1. The highest BCUT2D eigenvalue weighted by Crippen LogP contribution is 2.19. The van der Waals surface area contributed by atoms with E-state index in [2.05, 4.69) is 29.1 Å². The van der Waals surface area contributed by atoms with E-state index in [1.165, 1.54) is 0 Å². The van der Waals surface area contributed by atoms with Gasteiger partial charge in [0.15, 0.2) is 0 Å². The smallest absolute Gasteiger partial charge is 0.128 e. The van der Waals surface area contributed by atoms with Crippen molar-refractivity contribution in [3.8, 4) is 0 Å². The van der Waals surface area contributed by atoms with E-state index >= 15 is 0 Å². The molecule has 0 atom stereocenters. The number of nitrogens with zero attached hydrogens (tertiary/aromatic N) is 2. The number of rotatable bonds is 4. The van der Waals surface area contributed by atoms with Crippen LogP contribution < -0.4 is 10.6 Å². The zero-order valence-electron chi connectivity index (χ0n) is 11.4. The zero-order chi connectivity index (χ0) is 13.0. The molecule has 0 spiro atoms. The first kappa shape index (κ1) is 13.3. The molecule has 2 rings (SSSR count). The van der Waals surface area contributed by atoms with Gasteiger partial charge in [0.2, 0.25) is 0 Å². The summed E-state index contributed by atoms with van der Waals surface area (Å²) in [6.07, 6.45) is 2.31. The third-order valence-electron chi connectivity index (χ3n) is 3.66. The fourth-order valence-corrected chi connectivity index (χ4v) is 2.41. The van der Waals surface area contributed by atoms with Crippen molar-refractivity contribution in [3.63, 3.8) is 0 Å². The van der Waals surface area contributed by atoms with E-state index in [4.69, 9.17) is 10.5 Å². The average molecular weight is 249 g/mol. The summed E-state index contributed by atoms with van der Waals surface area (Å²) in [4.78, 5) is 6.86. The van der Waals surface area contributed by atoms with Crippen LogP contribution in [-0.2, 0) is 11.3 Å². The molecule has 18 heavy (non-hydrogen) atoms. The van der Waals surface area contributed by atoms with E-state index in [0.29, 0.717) is 6.54 Å². The van der Waals surface area contributed by atoms with Crippen molar-refractivity contribution in [1.29, 1.82) is 0 Å². The molecule has 0 bridgehead atoms. The van der Waals surface area contributed by atoms with E-state index in [-0.39, 0.29) is 0 Å². The molecule has 1 aromatic heterocycles. The number of ether oxygens (including phenoxy) is 1. The second-order valence-electron chi connectivity index (χ2n) is 5.05. The van der Waals surface area contributed by atoms with Crippen molar-refractivity contribution in [1.82, 2.24) is 4.98 Å². The topological polar surface area (TPSA) is 51.4 Å². The largest absolute Gasteiger partial charge is 0.381 e. The molecule has 1 aliphatic rings. The minimum Gasteiger partial charge on any atom is -0.381 e. The predicted molar refractivity (Wildman–Crippen MR) is 73.7 cm³/mol. The summed E-state index contributed by atoms with van der Waals surface area (Å²) < 4.78 is 5.39. The van der Waals surface area contributed by atoms with Crippen molar-refractivity contribution >= 4 is 5.82 Å². The van der Waals surface area contributed by atoms with Gasteiger partial charge in [0.05, 0.1) is 0 Å². The Balaban J connectivity index is 1.99. The molecular weight excluding hydrogens is 226 g/mol. The Morgan fingerprint density at radius 2 is 2.11 bits per heavy atom. The monoisotopic (exact) mass is 249 g/mol. The number of nitrogens with two attached hydrogens (primary N) is 1. The summed E-state index contributed by atoms with van der Waals surface area (Å²) in [6.45, 7) is 5.43. The maximum atomic E-state index is 5.66. The van der Waals surface area contributed by atoms with Gasteiger partial charge in [-0.1, -0.05) is 6.07 Å². The number of hydrogen-bond donors (Lipinski definition) is 1. The van der Waals surface area contributed by atoms with Crippen LogP contribution >= 0.6 is 0 Å². The summed E-state index contributed by atoms with van der Waals surface area (Å²) in [5.74, 6) is 1.76. The van der Waals surface area contributed by atoms with Crippen molar-refractivity contribution in [2.24, 2.45) is 11.7 Å². The molecule has 1 fully saturated rings. The van der Waals surface area contributed by atoms with E-state index in [1.54, 1.807) is 0 Å². The standard InChI is InChI=1S/C14H23N3O/c1-11-13(9-15)3-4-14(16-11)17(2)10-12-5-7-18-8-6-12/h3-4,12H,5-10,15H2,1-2H3. The highest BCUT2D eigenvalue weighted by molar-refractivity contribution is 5.40. The molecule has 1 saturated heterocycles. The summed E-state index contributed by atoms with van der Waals surface area (Å²) in [6, 6.07) is 4.15. The minimum absolute atomic E-state index is 0.558. The van der Waals surface area contributed by atoms with Gasteiger partial charge >= 0.3 is 0 Å². The predicted octanol–water partition coefficient (Wildman–Crippen LogP) is 1.71. The first-order chi connectivity index (χ1) is 8.70. The molecule has 0 aliphatic carbocycles. The van der Waals surface area contributed by atoms with E-state index in [9.17, 15) is 0 Å². The lowest BCUT2D eigenvalue weighted by Crippen LogP contribution is -2.30. The third-order valence-corrected chi connectivity index (χ3v) is 3.66. The maximum Gasteiger partial charge on any atom is 0.128 e. The molecule has 4 heteroatoms. The Bertz CT molecular complexity index is 389. The molecule has 1 aromatic rings. The van der Waals surface area contributed by atoms with Crippen LogP contribution in [0.5, 0.6) is 0 Å². The van der Waals surface area contributed by atoms with Crippen LogP contribution in [0.25, 0.3) is 0 Å². The van der Waals surface area contributed by atoms with Crippen LogP contribution in [0.1, 0.15) is 24.1 Å². The van der Waals surface area contributed by atoms with Gasteiger partial charge in [0.25, 0.3) is 0 Å². The number of aryl methyl sites for hydroxylation is 1. The van der Waals surface area contributed by atoms with E-state index in [0.717, 1.165) is 55.6 Å². The normalized spacial score (nSPS) is 16.8. The minimum atomic E-state index is 0.558. The maximum absolute atomic E-state index is 5.66. The van der Waals surface area contributed by atoms with Crippen molar-refractivity contribution in [2.45, 2.75) is 26.3 Å². The molecule has 0 saturated carbocycles. The van der Waals surface area contributed by atoms with E-state index < -0.39 is 0 Å². The summed E-state index contributed by atoms with van der Waals surface area (Å²) in [7, 11) is 2.11. The summed E-state index contributed by atoms with van der Waals surface area (Å²) in [5, 5.41) is 0. The van der Waals surface area contributed by atoms with E-state index in [1.807, 2.05) is 6.92 Å². The lowest BCUT2D eigenvalue weighted by atomic mass is 10.00. The van der Waals surface area contributed by atoms with Crippen LogP contribution in [0.2, 0.25) is 0 Å². The Labute approximate surface area is 109 Å². The fraction of sp³-hybridized carbons (Fsp3) is 0.643. The SMILES string of the molecule is Cc1nc(N(C)CC2CCOCC2)ccc1CN. The van der Waals surface area contributed by atoms with Gasteiger partial charge in [0, 0.05) is 39.0 Å². The van der Waals surface area contributed by atoms with Gasteiger partial charge in [-0.25, -0.2) is 4.98 Å². The highest BCUT2D eigenvalue weighted by Gasteiger charge is 2.16. The Hall–Kier alpha value is -1.13. The quantitative estimate of drug-likeness (QED) is 0.882. The van der Waals surface area contributed by atoms with Crippen LogP contribution in [-0.4, -0.2) is 31.8 Å². The van der Waals surface area contributed by atoms with Crippen molar-refractivity contribution in [3.05, 3.63) is 23.4 Å². The molecule has 100 valence electrons. The average Bonchev–Trinajstić information content (AvgIpc) is 2.39. The number of pyridine rings is 1. The van der Waals surface area contributed by atoms with Gasteiger partial charge < -0.3 is 15.4 Å². The molecule has 2 N–H and O–H groups in total. The second-order valence-corrected chi connectivity index (χ2v) is 5.05. The Morgan fingerprint density at radius 3 is 2.72 bits per heavy atom. The van der Waals surface area contributed by atoms with Crippen molar-refractivity contribution < 1.29 is 4.74 Å². The second kappa shape index (κ2) is 6.16. The Kier molecular flexibility index (Phi) is 4.55. The third kappa shape index (κ3) is 3.21. The van der Waals surface area contributed by atoms with Crippen LogP contribution in [0, 0.1) is 12.8 Å². The molecule has 0 radical (unpaired) electrons. The molecule has 0 aromatic carbocycles. The molecule has 1 aliphatic heterocycles. The highest BCUT2D eigenvalue weighted by atomic mass is 16.5. The van der Waals surface area contributed by atoms with Gasteiger partial charge in [-0.2, -0.15) is 0 Å². The van der Waals surface area contributed by atoms with Crippen molar-refractivity contribution in [2.75, 3.05) is 31.7 Å². The van der Waals surface area contributed by atoms with Gasteiger partial charge in [-0.05, 0) is 37.3 Å². The van der Waals surface area contributed by atoms with Gasteiger partial charge in [0.1, 0.15) is 5.82 Å². The summed E-state index contributed by atoms with van der Waals surface area (Å²) in [5.41, 5.74) is 7.82. The molecule has 2 heterocycles. The Morgan fingerprint density at radius 1 is 1.39 bits per heavy atom. The van der Waals surface area contributed by atoms with Crippen LogP contribution in [0.4, 0.5) is 5.82 Å². The fourth-order valence-electron chi connectivity index (χ4n) is 2.41. The first-order valence-corrected chi connectivity index (χ1v) is 6.66. The summed E-state index contributed by atoms with van der Waals surface area (Å²) >= 11 is 0. The zero-order valence-corrected chi connectivity index (χ0v) is 11.4. The number of aromatic nitrogens is 1. The molecular formula is C14H23N3O. The van der Waals surface area contributed by atoms with Gasteiger partial charge in [-0.3, -0.25) is 0 Å². The lowest BCUT2D eigenvalue weighted by Gasteiger charge is -2.28. The number of hydrogen-bond acceptors (Lipinski definition) is 4.